The first kappa shape index (κ1) is 33.5. The number of aromatic nitrogens is 2. The minimum Gasteiger partial charge on any atom is -0.493 e. The molecule has 1 saturated heterocycles. The molecule has 4 aromatic rings. The summed E-state index contributed by atoms with van der Waals surface area (Å²) < 4.78 is 59.2. The van der Waals surface area contributed by atoms with E-state index in [-0.39, 0.29) is 58.2 Å². The SMILES string of the molecule is COc1ccccc1Oc1c(NS(=O)(=O)c2ccc(C(C)(C)C)cc2)cc(C(=O)N2CCOCC2)cc1OCCOc1ncccn1. The Labute approximate surface area is 274 Å². The number of morpholine rings is 1. The van der Waals surface area contributed by atoms with Crippen molar-refractivity contribution >= 4 is 21.6 Å². The van der Waals surface area contributed by atoms with Crippen LogP contribution >= 0.6 is 0 Å². The number of ether oxygens (including phenoxy) is 5. The van der Waals surface area contributed by atoms with Crippen molar-refractivity contribution in [3.8, 4) is 29.0 Å². The van der Waals surface area contributed by atoms with Crippen molar-refractivity contribution in [2.24, 2.45) is 0 Å². The smallest absolute Gasteiger partial charge is 0.316 e. The van der Waals surface area contributed by atoms with Crippen LogP contribution in [-0.2, 0) is 20.2 Å². The number of benzene rings is 3. The van der Waals surface area contributed by atoms with Crippen LogP contribution in [0.3, 0.4) is 0 Å². The van der Waals surface area contributed by atoms with Gasteiger partial charge in [0.2, 0.25) is 0 Å². The Hall–Kier alpha value is -4.88. The molecule has 0 atom stereocenters. The topological polar surface area (TPSA) is 138 Å². The molecule has 1 fully saturated rings. The van der Waals surface area contributed by atoms with Gasteiger partial charge in [-0.3, -0.25) is 9.52 Å². The zero-order valence-corrected chi connectivity index (χ0v) is 27.6. The summed E-state index contributed by atoms with van der Waals surface area (Å²) in [5.74, 6) is 0.525. The second kappa shape index (κ2) is 14.7. The third-order valence-electron chi connectivity index (χ3n) is 7.27. The largest absolute Gasteiger partial charge is 0.493 e. The third kappa shape index (κ3) is 8.48. The van der Waals surface area contributed by atoms with Crippen molar-refractivity contribution in [3.05, 3.63) is 90.3 Å². The van der Waals surface area contributed by atoms with Gasteiger partial charge in [0.1, 0.15) is 13.2 Å². The van der Waals surface area contributed by atoms with E-state index in [4.69, 9.17) is 23.7 Å². The van der Waals surface area contributed by atoms with E-state index in [1.807, 2.05) is 20.8 Å². The van der Waals surface area contributed by atoms with E-state index in [9.17, 15) is 13.2 Å². The Morgan fingerprint density at radius 3 is 2.21 bits per heavy atom. The van der Waals surface area contributed by atoms with Crippen molar-refractivity contribution in [2.75, 3.05) is 51.3 Å². The maximum absolute atomic E-state index is 13.8. The van der Waals surface area contributed by atoms with Crippen molar-refractivity contribution < 1.29 is 36.9 Å². The summed E-state index contributed by atoms with van der Waals surface area (Å²) in [5, 5.41) is 0. The second-order valence-electron chi connectivity index (χ2n) is 11.6. The molecule has 0 saturated carbocycles. The summed E-state index contributed by atoms with van der Waals surface area (Å²) in [6.07, 6.45) is 3.11. The van der Waals surface area contributed by atoms with E-state index in [0.29, 0.717) is 37.8 Å². The van der Waals surface area contributed by atoms with Gasteiger partial charge in [0.25, 0.3) is 15.9 Å². The fourth-order valence-corrected chi connectivity index (χ4v) is 5.81. The Morgan fingerprint density at radius 2 is 1.55 bits per heavy atom. The average Bonchev–Trinajstić information content (AvgIpc) is 3.08. The van der Waals surface area contributed by atoms with Crippen LogP contribution in [0.4, 0.5) is 5.69 Å². The van der Waals surface area contributed by atoms with Crippen LogP contribution < -0.4 is 23.7 Å². The van der Waals surface area contributed by atoms with E-state index in [2.05, 4.69) is 14.7 Å². The van der Waals surface area contributed by atoms with Crippen LogP contribution in [0.15, 0.2) is 84.0 Å². The van der Waals surface area contributed by atoms with Gasteiger partial charge in [0.15, 0.2) is 23.0 Å². The summed E-state index contributed by atoms with van der Waals surface area (Å²) in [5.41, 5.74) is 1.01. The van der Waals surface area contributed by atoms with Gasteiger partial charge in [-0.25, -0.2) is 18.4 Å². The fourth-order valence-electron chi connectivity index (χ4n) is 4.76. The van der Waals surface area contributed by atoms with E-state index in [1.54, 1.807) is 71.9 Å². The molecule has 0 spiro atoms. The molecule has 13 heteroatoms. The predicted molar refractivity (Wildman–Crippen MR) is 175 cm³/mol. The highest BCUT2D eigenvalue weighted by Crippen LogP contribution is 2.43. The van der Waals surface area contributed by atoms with Gasteiger partial charge >= 0.3 is 6.01 Å². The van der Waals surface area contributed by atoms with Gasteiger partial charge in [-0.2, -0.15) is 0 Å². The first-order valence-corrected chi connectivity index (χ1v) is 16.6. The lowest BCUT2D eigenvalue weighted by molar-refractivity contribution is 0.0302. The minimum atomic E-state index is -4.15. The molecular weight excluding hydrogens is 624 g/mol. The van der Waals surface area contributed by atoms with E-state index < -0.39 is 10.0 Å². The van der Waals surface area contributed by atoms with Gasteiger partial charge in [-0.05, 0) is 53.4 Å². The summed E-state index contributed by atoms with van der Waals surface area (Å²) in [7, 11) is -2.66. The normalized spacial score (nSPS) is 13.5. The number of sulfonamides is 1. The van der Waals surface area contributed by atoms with E-state index >= 15 is 0 Å². The molecule has 12 nitrogen and oxygen atoms in total. The first-order chi connectivity index (χ1) is 22.5. The highest BCUT2D eigenvalue weighted by molar-refractivity contribution is 7.92. The Kier molecular flexibility index (Phi) is 10.5. The number of nitrogens with zero attached hydrogens (tertiary/aromatic N) is 3. The van der Waals surface area contributed by atoms with Crippen molar-refractivity contribution in [3.63, 3.8) is 0 Å². The number of carbonyl (C=O) groups excluding carboxylic acids is 1. The molecule has 0 bridgehead atoms. The van der Waals surface area contributed by atoms with Gasteiger partial charge in [-0.1, -0.05) is 45.0 Å². The number of para-hydroxylation sites is 2. The molecule has 1 aliphatic heterocycles. The molecule has 3 aromatic carbocycles. The van der Waals surface area contributed by atoms with Crippen LogP contribution in [0.2, 0.25) is 0 Å². The van der Waals surface area contributed by atoms with Gasteiger partial charge in [0.05, 0.1) is 30.9 Å². The van der Waals surface area contributed by atoms with Crippen molar-refractivity contribution in [1.82, 2.24) is 14.9 Å². The molecular formula is C34H38N4O8S. The highest BCUT2D eigenvalue weighted by atomic mass is 32.2. The molecule has 5 rings (SSSR count). The molecule has 248 valence electrons. The lowest BCUT2D eigenvalue weighted by Gasteiger charge is -2.27. The third-order valence-corrected chi connectivity index (χ3v) is 8.65. The maximum atomic E-state index is 13.8. The highest BCUT2D eigenvalue weighted by Gasteiger charge is 2.27. The minimum absolute atomic E-state index is 0.00257. The maximum Gasteiger partial charge on any atom is 0.316 e. The summed E-state index contributed by atoms with van der Waals surface area (Å²) >= 11 is 0. The van der Waals surface area contributed by atoms with Gasteiger partial charge in [0, 0.05) is 31.0 Å². The number of amides is 1. The first-order valence-electron chi connectivity index (χ1n) is 15.1. The van der Waals surface area contributed by atoms with Gasteiger partial charge < -0.3 is 28.6 Å². The van der Waals surface area contributed by atoms with Crippen LogP contribution in [-0.4, -0.2) is 75.8 Å². The molecule has 0 unspecified atom stereocenters. The summed E-state index contributed by atoms with van der Waals surface area (Å²) in [4.78, 5) is 23.5. The molecule has 1 aromatic heterocycles. The molecule has 1 aliphatic rings. The van der Waals surface area contributed by atoms with Crippen LogP contribution in [0, 0.1) is 0 Å². The number of anilines is 1. The number of methoxy groups -OCH3 is 1. The number of hydrogen-bond acceptors (Lipinski definition) is 10. The zero-order chi connectivity index (χ0) is 33.4. The standard InChI is InChI=1S/C34H38N4O8S/c1-34(2,3)25-10-12-26(13-11-25)47(40,41)37-27-22-24(32(39)38-16-18-43-19-17-38)23-30(44-20-21-45-33-35-14-7-15-36-33)31(27)46-29-9-6-5-8-28(29)42-4/h5-15,22-23,37H,16-21H2,1-4H3. The lowest BCUT2D eigenvalue weighted by atomic mass is 9.87. The summed E-state index contributed by atoms with van der Waals surface area (Å²) in [6.45, 7) is 7.77. The molecule has 2 heterocycles. The molecule has 47 heavy (non-hydrogen) atoms. The quantitative estimate of drug-likeness (QED) is 0.199. The average molecular weight is 663 g/mol. The molecule has 1 amide bonds. The fraction of sp³-hybridized carbons (Fsp3) is 0.324. The number of carbonyl (C=O) groups is 1. The monoisotopic (exact) mass is 662 g/mol. The number of rotatable bonds is 12. The Morgan fingerprint density at radius 1 is 0.894 bits per heavy atom. The predicted octanol–water partition coefficient (Wildman–Crippen LogP) is 5.31. The molecule has 0 aliphatic carbocycles. The van der Waals surface area contributed by atoms with Crippen molar-refractivity contribution in [2.45, 2.75) is 31.1 Å². The van der Waals surface area contributed by atoms with Crippen LogP contribution in [0.1, 0.15) is 36.7 Å². The number of nitrogens with one attached hydrogen (secondary N) is 1. The molecule has 0 radical (unpaired) electrons. The number of hydrogen-bond donors (Lipinski definition) is 1. The Balaban J connectivity index is 1.56. The zero-order valence-electron chi connectivity index (χ0n) is 26.8. The molecule has 1 N–H and O–H groups in total. The van der Waals surface area contributed by atoms with Crippen LogP contribution in [0.5, 0.6) is 29.0 Å². The van der Waals surface area contributed by atoms with Crippen molar-refractivity contribution in [1.29, 1.82) is 0 Å². The van der Waals surface area contributed by atoms with Crippen LogP contribution in [0.25, 0.3) is 0 Å². The van der Waals surface area contributed by atoms with Gasteiger partial charge in [-0.15, -0.1) is 0 Å². The summed E-state index contributed by atoms with van der Waals surface area (Å²) in [6, 6.07) is 18.4. The van der Waals surface area contributed by atoms with E-state index in [0.717, 1.165) is 5.56 Å². The van der Waals surface area contributed by atoms with E-state index in [1.165, 1.54) is 19.2 Å². The lowest BCUT2D eigenvalue weighted by Crippen LogP contribution is -2.40. The second-order valence-corrected chi connectivity index (χ2v) is 13.3. The Bertz CT molecular complexity index is 1770.